The Hall–Kier alpha value is 0.270. The summed E-state index contributed by atoms with van der Waals surface area (Å²) in [5, 5.41) is 11.8. The van der Waals surface area contributed by atoms with E-state index in [4.69, 9.17) is 0 Å². The number of carboxylic acid groups (broad SMARTS) is 1. The second-order valence-corrected chi connectivity index (χ2v) is 1.57. The van der Waals surface area contributed by atoms with E-state index in [1.807, 2.05) is 6.92 Å². The average molecular weight is 139 g/mol. The van der Waals surface area contributed by atoms with Crippen LogP contribution in [0.3, 0.4) is 0 Å². The van der Waals surface area contributed by atoms with Gasteiger partial charge < -0.3 is 15.2 Å². The molecule has 0 unspecified atom stereocenters. The van der Waals surface area contributed by atoms with Gasteiger partial charge in [-0.2, -0.15) is 0 Å². The van der Waals surface area contributed by atoms with Crippen LogP contribution in [0.15, 0.2) is 0 Å². The Bertz CT molecular complexity index is 77.4. The maximum absolute atomic E-state index is 9.65. The van der Waals surface area contributed by atoms with Crippen LogP contribution in [-0.4, -0.2) is 12.6 Å². The van der Waals surface area contributed by atoms with Crippen molar-refractivity contribution in [2.75, 3.05) is 6.54 Å². The van der Waals surface area contributed by atoms with Crippen LogP contribution in [0.2, 0.25) is 0 Å². The Morgan fingerprint density at radius 3 is 2.56 bits per heavy atom. The number of hydrogen-bond acceptors (Lipinski definition) is 2. The molecule has 0 aromatic rings. The van der Waals surface area contributed by atoms with E-state index in [0.29, 0.717) is 6.54 Å². The zero-order chi connectivity index (χ0) is 6.41. The molecule has 0 aliphatic rings. The summed E-state index contributed by atoms with van der Waals surface area (Å²) in [7, 11) is 0. The summed E-state index contributed by atoms with van der Waals surface area (Å²) in [4.78, 5) is 9.65. The van der Waals surface area contributed by atoms with E-state index in [1.165, 1.54) is 0 Å². The van der Waals surface area contributed by atoms with Crippen LogP contribution >= 0.6 is 0 Å². The number of carbonyl (C=O) groups excluding carboxylic acids is 1. The largest absolute Gasteiger partial charge is 1.00 e. The van der Waals surface area contributed by atoms with E-state index in [2.05, 4.69) is 5.32 Å². The van der Waals surface area contributed by atoms with Crippen molar-refractivity contribution in [3.8, 4) is 0 Å². The van der Waals surface area contributed by atoms with Gasteiger partial charge in [-0.25, -0.2) is 0 Å². The molecule has 0 radical (unpaired) electrons. The third kappa shape index (κ3) is 11.7. The Kier molecular flexibility index (Phi) is 11.0. The topological polar surface area (TPSA) is 52.2 Å². The van der Waals surface area contributed by atoms with Crippen LogP contribution in [0.5, 0.6) is 0 Å². The van der Waals surface area contributed by atoms with Gasteiger partial charge in [0.2, 0.25) is 0 Å². The van der Waals surface area contributed by atoms with Gasteiger partial charge in [-0.3, -0.25) is 0 Å². The van der Waals surface area contributed by atoms with Crippen molar-refractivity contribution in [2.45, 2.75) is 19.8 Å². The minimum atomic E-state index is -1.18. The zero-order valence-corrected chi connectivity index (χ0v) is 7.94. The number of amides is 1. The maximum Gasteiger partial charge on any atom is 1.00 e. The molecule has 0 heterocycles. The fraction of sp³-hybridized carbons (Fsp3) is 0.800. The predicted octanol–water partition coefficient (Wildman–Crippen LogP) is -3.28. The molecule has 4 heteroatoms. The van der Waals surface area contributed by atoms with E-state index in [-0.39, 0.29) is 29.6 Å². The first kappa shape index (κ1) is 12.0. The molecule has 1 N–H and O–H groups in total. The van der Waals surface area contributed by atoms with Crippen molar-refractivity contribution in [1.29, 1.82) is 0 Å². The Labute approximate surface area is 77.1 Å². The predicted molar refractivity (Wildman–Crippen MR) is 28.3 cm³/mol. The Morgan fingerprint density at radius 1 is 1.67 bits per heavy atom. The minimum Gasteiger partial charge on any atom is -0.530 e. The summed E-state index contributed by atoms with van der Waals surface area (Å²) >= 11 is 0. The number of nitrogens with one attached hydrogen (secondary N) is 1. The van der Waals surface area contributed by atoms with Crippen LogP contribution < -0.4 is 40.0 Å². The van der Waals surface area contributed by atoms with E-state index >= 15 is 0 Å². The molecule has 48 valence electrons. The van der Waals surface area contributed by atoms with Crippen LogP contribution in [0, 0.1) is 0 Å². The van der Waals surface area contributed by atoms with Crippen molar-refractivity contribution in [1.82, 2.24) is 5.32 Å². The van der Waals surface area contributed by atoms with Gasteiger partial charge in [0.25, 0.3) is 0 Å². The van der Waals surface area contributed by atoms with E-state index < -0.39 is 6.09 Å². The average Bonchev–Trinajstić information content (AvgIpc) is 1.66. The van der Waals surface area contributed by atoms with Gasteiger partial charge >= 0.3 is 29.6 Å². The molecule has 0 bridgehead atoms. The van der Waals surface area contributed by atoms with Gasteiger partial charge in [0.15, 0.2) is 0 Å². The van der Waals surface area contributed by atoms with Crippen LogP contribution in [0.1, 0.15) is 19.8 Å². The van der Waals surface area contributed by atoms with Gasteiger partial charge in [-0.1, -0.05) is 13.3 Å². The molecule has 0 spiro atoms. The van der Waals surface area contributed by atoms with Crippen molar-refractivity contribution < 1.29 is 39.5 Å². The molecule has 0 atom stereocenters. The summed E-state index contributed by atoms with van der Waals surface area (Å²) in [5.74, 6) is 0. The molecule has 0 saturated carbocycles. The van der Waals surface area contributed by atoms with Gasteiger partial charge in [0.05, 0.1) is 0 Å². The third-order valence-corrected chi connectivity index (χ3v) is 0.800. The van der Waals surface area contributed by atoms with Crippen molar-refractivity contribution in [3.05, 3.63) is 0 Å². The maximum atomic E-state index is 9.65. The number of unbranched alkanes of at least 4 members (excludes halogenated alkanes) is 1. The first-order chi connectivity index (χ1) is 3.77. The van der Waals surface area contributed by atoms with Crippen molar-refractivity contribution in [3.63, 3.8) is 0 Å². The first-order valence-corrected chi connectivity index (χ1v) is 2.72. The molecule has 0 rings (SSSR count). The van der Waals surface area contributed by atoms with E-state index in [0.717, 1.165) is 12.8 Å². The van der Waals surface area contributed by atoms with Gasteiger partial charge in [0.1, 0.15) is 6.09 Å². The standard InChI is InChI=1S/C5H11NO2.Na/c1-2-3-4-6-5(7)8;/h6H,2-4H2,1H3,(H,7,8);/q;+1/p-1. The third-order valence-electron chi connectivity index (χ3n) is 0.800. The summed E-state index contributed by atoms with van der Waals surface area (Å²) in [6.07, 6.45) is 0.701. The second kappa shape index (κ2) is 8.27. The molecule has 0 aromatic carbocycles. The number of hydrogen-bond donors (Lipinski definition) is 1. The number of carbonyl (C=O) groups is 1. The summed E-state index contributed by atoms with van der Waals surface area (Å²) in [6.45, 7) is 2.51. The summed E-state index contributed by atoms with van der Waals surface area (Å²) in [5.41, 5.74) is 0. The SMILES string of the molecule is CCCCNC(=O)[O-].[Na+]. The number of rotatable bonds is 3. The summed E-state index contributed by atoms with van der Waals surface area (Å²) in [6, 6.07) is 0. The first-order valence-electron chi connectivity index (χ1n) is 2.72. The molecule has 0 saturated heterocycles. The molecule has 0 aliphatic heterocycles. The normalized spacial score (nSPS) is 7.67. The molecule has 1 amide bonds. The van der Waals surface area contributed by atoms with Gasteiger partial charge in [-0.05, 0) is 6.42 Å². The Balaban J connectivity index is 0. The fourth-order valence-corrected chi connectivity index (χ4v) is 0.367. The molecule has 9 heavy (non-hydrogen) atoms. The fourth-order valence-electron chi connectivity index (χ4n) is 0.367. The van der Waals surface area contributed by atoms with E-state index in [9.17, 15) is 9.90 Å². The van der Waals surface area contributed by atoms with Crippen LogP contribution in [0.25, 0.3) is 0 Å². The van der Waals surface area contributed by atoms with E-state index in [1.54, 1.807) is 0 Å². The van der Waals surface area contributed by atoms with Gasteiger partial charge in [-0.15, -0.1) is 0 Å². The smallest absolute Gasteiger partial charge is 0.530 e. The molecule has 0 aromatic heterocycles. The molecular formula is C5H10NNaO2. The van der Waals surface area contributed by atoms with Crippen molar-refractivity contribution >= 4 is 6.09 Å². The van der Waals surface area contributed by atoms with Crippen molar-refractivity contribution in [2.24, 2.45) is 0 Å². The zero-order valence-electron chi connectivity index (χ0n) is 5.94. The molecule has 0 fully saturated rings. The quantitative estimate of drug-likeness (QED) is 0.329. The summed E-state index contributed by atoms with van der Waals surface area (Å²) < 4.78 is 0. The van der Waals surface area contributed by atoms with Crippen LogP contribution in [-0.2, 0) is 0 Å². The minimum absolute atomic E-state index is 0. The second-order valence-electron chi connectivity index (χ2n) is 1.57. The van der Waals surface area contributed by atoms with Gasteiger partial charge in [0, 0.05) is 6.54 Å². The monoisotopic (exact) mass is 139 g/mol. The molecular weight excluding hydrogens is 129 g/mol. The van der Waals surface area contributed by atoms with Crippen LogP contribution in [0.4, 0.5) is 4.79 Å². The molecule has 3 nitrogen and oxygen atoms in total. The Morgan fingerprint density at radius 2 is 2.22 bits per heavy atom. The molecule has 0 aliphatic carbocycles.